The number of aryl methyl sites for hydroxylation is 2. The highest BCUT2D eigenvalue weighted by molar-refractivity contribution is 5.92. The molecule has 0 aliphatic heterocycles. The van der Waals surface area contributed by atoms with Crippen molar-refractivity contribution in [3.05, 3.63) is 41.0 Å². The number of carbonyl (C=O) groups excluding carboxylic acids is 1. The van der Waals surface area contributed by atoms with E-state index in [4.69, 9.17) is 0 Å². The number of nitrogens with zero attached hydrogens (tertiary/aromatic N) is 1. The fraction of sp³-hybridized carbons (Fsp3) is 0.471. The average molecular weight is 257 g/mol. The summed E-state index contributed by atoms with van der Waals surface area (Å²) in [6.45, 7) is 6.30. The highest BCUT2D eigenvalue weighted by Crippen LogP contribution is 2.34. The van der Waals surface area contributed by atoms with Crippen molar-refractivity contribution >= 4 is 12.0 Å². The van der Waals surface area contributed by atoms with Gasteiger partial charge in [-0.25, -0.2) is 0 Å². The van der Waals surface area contributed by atoms with Crippen LogP contribution in [0.3, 0.4) is 0 Å². The summed E-state index contributed by atoms with van der Waals surface area (Å²) in [5.41, 5.74) is 3.58. The predicted octanol–water partition coefficient (Wildman–Crippen LogP) is 3.57. The number of hydrogen-bond donors (Lipinski definition) is 0. The molecule has 1 aromatic rings. The molecule has 0 N–H and O–H groups in total. The van der Waals surface area contributed by atoms with E-state index < -0.39 is 0 Å². The first-order chi connectivity index (χ1) is 8.99. The lowest BCUT2D eigenvalue weighted by atomic mass is 10.1. The Balaban J connectivity index is 2.02. The second kappa shape index (κ2) is 5.60. The van der Waals surface area contributed by atoms with Crippen LogP contribution in [0.1, 0.15) is 36.5 Å². The van der Waals surface area contributed by atoms with Crippen LogP contribution in [0.15, 0.2) is 24.3 Å². The molecule has 102 valence electrons. The Kier molecular flexibility index (Phi) is 4.08. The lowest BCUT2D eigenvalue weighted by Crippen LogP contribution is -2.35. The molecule has 0 radical (unpaired) electrons. The zero-order valence-corrected chi connectivity index (χ0v) is 12.3. The zero-order valence-electron chi connectivity index (χ0n) is 12.3. The van der Waals surface area contributed by atoms with Gasteiger partial charge in [-0.3, -0.25) is 4.79 Å². The standard InChI is InChI=1S/C17H23NO/c1-12-5-6-15(13(2)11-12)9-10-17(19)18(4)14(3)16-7-8-16/h5-6,9-11,14,16H,7-8H2,1-4H3/b10-9+. The van der Waals surface area contributed by atoms with Crippen molar-refractivity contribution in [2.75, 3.05) is 7.05 Å². The van der Waals surface area contributed by atoms with Crippen LogP contribution in [0.25, 0.3) is 6.08 Å². The molecule has 1 unspecified atom stereocenters. The first-order valence-electron chi connectivity index (χ1n) is 7.01. The molecule has 19 heavy (non-hydrogen) atoms. The third-order valence-electron chi connectivity index (χ3n) is 4.09. The normalized spacial score (nSPS) is 16.6. The van der Waals surface area contributed by atoms with Crippen molar-refractivity contribution in [3.63, 3.8) is 0 Å². The van der Waals surface area contributed by atoms with E-state index in [-0.39, 0.29) is 5.91 Å². The van der Waals surface area contributed by atoms with Crippen molar-refractivity contribution in [1.29, 1.82) is 0 Å². The molecule has 1 aliphatic rings. The maximum Gasteiger partial charge on any atom is 0.246 e. The van der Waals surface area contributed by atoms with Gasteiger partial charge < -0.3 is 4.90 Å². The SMILES string of the molecule is Cc1ccc(/C=C/C(=O)N(C)C(C)C2CC2)c(C)c1. The fourth-order valence-electron chi connectivity index (χ4n) is 2.39. The summed E-state index contributed by atoms with van der Waals surface area (Å²) < 4.78 is 0. The van der Waals surface area contributed by atoms with Gasteiger partial charge in [0.25, 0.3) is 0 Å². The van der Waals surface area contributed by atoms with Crippen molar-refractivity contribution in [1.82, 2.24) is 4.90 Å². The molecule has 1 saturated carbocycles. The molecule has 2 nitrogen and oxygen atoms in total. The van der Waals surface area contributed by atoms with Gasteiger partial charge in [-0.2, -0.15) is 0 Å². The average Bonchev–Trinajstić information content (AvgIpc) is 3.20. The third-order valence-corrected chi connectivity index (χ3v) is 4.09. The van der Waals surface area contributed by atoms with Gasteiger partial charge in [-0.1, -0.05) is 23.8 Å². The lowest BCUT2D eigenvalue weighted by molar-refractivity contribution is -0.126. The highest BCUT2D eigenvalue weighted by atomic mass is 16.2. The van der Waals surface area contributed by atoms with Crippen molar-refractivity contribution in [2.24, 2.45) is 5.92 Å². The first kappa shape index (κ1) is 13.9. The molecule has 0 heterocycles. The number of benzene rings is 1. The van der Waals surface area contributed by atoms with Gasteiger partial charge in [0.05, 0.1) is 0 Å². The Morgan fingerprint density at radius 3 is 2.63 bits per heavy atom. The predicted molar refractivity (Wildman–Crippen MR) is 79.9 cm³/mol. The van der Waals surface area contributed by atoms with Gasteiger partial charge in [0.1, 0.15) is 0 Å². The molecule has 1 aromatic carbocycles. The smallest absolute Gasteiger partial charge is 0.246 e. The molecule has 1 atom stereocenters. The fourth-order valence-corrected chi connectivity index (χ4v) is 2.39. The van der Waals surface area contributed by atoms with Gasteiger partial charge in [0.2, 0.25) is 5.91 Å². The first-order valence-corrected chi connectivity index (χ1v) is 7.01. The van der Waals surface area contributed by atoms with E-state index in [9.17, 15) is 4.79 Å². The van der Waals surface area contributed by atoms with E-state index in [1.165, 1.54) is 24.0 Å². The Hall–Kier alpha value is -1.57. The second-order valence-corrected chi connectivity index (χ2v) is 5.72. The van der Waals surface area contributed by atoms with Crippen LogP contribution in [0.5, 0.6) is 0 Å². The minimum absolute atomic E-state index is 0.0966. The topological polar surface area (TPSA) is 20.3 Å². The van der Waals surface area contributed by atoms with E-state index in [2.05, 4.69) is 39.0 Å². The van der Waals surface area contributed by atoms with Gasteiger partial charge >= 0.3 is 0 Å². The number of carbonyl (C=O) groups is 1. The summed E-state index contributed by atoms with van der Waals surface area (Å²) in [5, 5.41) is 0. The summed E-state index contributed by atoms with van der Waals surface area (Å²) in [6.07, 6.45) is 6.14. The van der Waals surface area contributed by atoms with E-state index in [1.807, 2.05) is 18.0 Å². The number of likely N-dealkylation sites (N-methyl/N-ethyl adjacent to an activating group) is 1. The summed E-state index contributed by atoms with van der Waals surface area (Å²) in [6, 6.07) is 6.64. The maximum absolute atomic E-state index is 12.1. The number of amides is 1. The molecular formula is C17H23NO. The van der Waals surface area contributed by atoms with Crippen LogP contribution < -0.4 is 0 Å². The Morgan fingerprint density at radius 2 is 2.05 bits per heavy atom. The van der Waals surface area contributed by atoms with Crippen LogP contribution in [-0.4, -0.2) is 23.9 Å². The number of rotatable bonds is 4. The lowest BCUT2D eigenvalue weighted by Gasteiger charge is -2.23. The highest BCUT2D eigenvalue weighted by Gasteiger charge is 2.31. The van der Waals surface area contributed by atoms with Crippen LogP contribution in [-0.2, 0) is 4.79 Å². The molecule has 1 aliphatic carbocycles. The van der Waals surface area contributed by atoms with Gasteiger partial charge in [-0.15, -0.1) is 0 Å². The quantitative estimate of drug-likeness (QED) is 0.755. The van der Waals surface area contributed by atoms with Crippen LogP contribution in [0.4, 0.5) is 0 Å². The second-order valence-electron chi connectivity index (χ2n) is 5.72. The Labute approximate surface area is 116 Å². The van der Waals surface area contributed by atoms with Gasteiger partial charge in [0, 0.05) is 19.2 Å². The Bertz CT molecular complexity index is 500. The van der Waals surface area contributed by atoms with Crippen LogP contribution in [0, 0.1) is 19.8 Å². The molecule has 0 bridgehead atoms. The molecule has 0 saturated heterocycles. The van der Waals surface area contributed by atoms with Crippen LogP contribution in [0.2, 0.25) is 0 Å². The largest absolute Gasteiger partial charge is 0.339 e. The van der Waals surface area contributed by atoms with E-state index in [0.29, 0.717) is 12.0 Å². The van der Waals surface area contributed by atoms with Gasteiger partial charge in [-0.05, 0) is 56.7 Å². The summed E-state index contributed by atoms with van der Waals surface area (Å²) in [7, 11) is 1.90. The van der Waals surface area contributed by atoms with E-state index >= 15 is 0 Å². The van der Waals surface area contributed by atoms with E-state index in [0.717, 1.165) is 5.56 Å². The summed E-state index contributed by atoms with van der Waals surface area (Å²) >= 11 is 0. The summed E-state index contributed by atoms with van der Waals surface area (Å²) in [4.78, 5) is 14.0. The van der Waals surface area contributed by atoms with Crippen molar-refractivity contribution in [2.45, 2.75) is 39.7 Å². The monoisotopic (exact) mass is 257 g/mol. The van der Waals surface area contributed by atoms with E-state index in [1.54, 1.807) is 6.08 Å². The molecule has 1 fully saturated rings. The summed E-state index contributed by atoms with van der Waals surface area (Å²) in [5.74, 6) is 0.808. The molecule has 0 aromatic heterocycles. The van der Waals surface area contributed by atoms with Gasteiger partial charge in [0.15, 0.2) is 0 Å². The molecule has 2 rings (SSSR count). The van der Waals surface area contributed by atoms with Crippen molar-refractivity contribution < 1.29 is 4.79 Å². The maximum atomic E-state index is 12.1. The number of hydrogen-bond acceptors (Lipinski definition) is 1. The zero-order chi connectivity index (χ0) is 14.0. The molecule has 2 heteroatoms. The molecule has 1 amide bonds. The third kappa shape index (κ3) is 3.46. The molecule has 0 spiro atoms. The minimum Gasteiger partial charge on any atom is -0.339 e. The van der Waals surface area contributed by atoms with Crippen molar-refractivity contribution in [3.8, 4) is 0 Å². The minimum atomic E-state index is 0.0966. The Morgan fingerprint density at radius 1 is 1.37 bits per heavy atom. The molecular weight excluding hydrogens is 234 g/mol. The van der Waals surface area contributed by atoms with Crippen LogP contribution >= 0.6 is 0 Å².